The topological polar surface area (TPSA) is 86.8 Å². The predicted molar refractivity (Wildman–Crippen MR) is 180 cm³/mol. The maximum Gasteiger partial charge on any atom is 0.264 e. The molecule has 0 aliphatic heterocycles. The smallest absolute Gasteiger partial charge is 0.264 e. The van der Waals surface area contributed by atoms with Crippen LogP contribution in [-0.2, 0) is 39.0 Å². The number of carbonyl (C=O) groups is 2. The summed E-state index contributed by atoms with van der Waals surface area (Å²) < 4.78 is 29.4. The Morgan fingerprint density at radius 2 is 1.38 bits per heavy atom. The monoisotopic (exact) mass is 625 g/mol. The van der Waals surface area contributed by atoms with E-state index in [1.54, 1.807) is 35.2 Å². The van der Waals surface area contributed by atoms with Gasteiger partial charge >= 0.3 is 0 Å². The molecule has 4 rings (SSSR count). The molecule has 0 aliphatic carbocycles. The van der Waals surface area contributed by atoms with Gasteiger partial charge in [0, 0.05) is 19.0 Å². The van der Waals surface area contributed by atoms with Gasteiger partial charge in [-0.25, -0.2) is 8.42 Å². The summed E-state index contributed by atoms with van der Waals surface area (Å²) in [6.45, 7) is 7.58. The average molecular weight is 626 g/mol. The fourth-order valence-electron chi connectivity index (χ4n) is 5.11. The summed E-state index contributed by atoms with van der Waals surface area (Å²) >= 11 is 0. The van der Waals surface area contributed by atoms with E-state index in [4.69, 9.17) is 0 Å². The third-order valence-electron chi connectivity index (χ3n) is 8.12. The molecule has 2 atom stereocenters. The fourth-order valence-corrected chi connectivity index (χ4v) is 6.55. The van der Waals surface area contributed by atoms with Gasteiger partial charge < -0.3 is 10.2 Å². The lowest BCUT2D eigenvalue weighted by Crippen LogP contribution is -2.54. The van der Waals surface area contributed by atoms with Crippen molar-refractivity contribution in [2.75, 3.05) is 10.8 Å². The molecule has 4 aromatic carbocycles. The van der Waals surface area contributed by atoms with Crippen molar-refractivity contribution in [3.8, 4) is 0 Å². The number of carbonyl (C=O) groups excluding carboxylic acids is 2. The first-order valence-corrected chi connectivity index (χ1v) is 16.9. The lowest BCUT2D eigenvalue weighted by atomic mass is 10.0. The van der Waals surface area contributed by atoms with Crippen LogP contribution in [0.1, 0.15) is 49.4 Å². The van der Waals surface area contributed by atoms with E-state index < -0.39 is 28.5 Å². The molecule has 4 aromatic rings. The van der Waals surface area contributed by atoms with Crippen LogP contribution in [0.3, 0.4) is 0 Å². The average Bonchev–Trinajstić information content (AvgIpc) is 3.06. The Kier molecular flexibility index (Phi) is 11.5. The Labute approximate surface area is 268 Å². The van der Waals surface area contributed by atoms with E-state index >= 15 is 0 Å². The van der Waals surface area contributed by atoms with E-state index in [1.807, 2.05) is 94.4 Å². The van der Waals surface area contributed by atoms with Gasteiger partial charge in [-0.2, -0.15) is 0 Å². The van der Waals surface area contributed by atoms with E-state index in [0.717, 1.165) is 39.4 Å². The molecule has 0 heterocycles. The minimum absolute atomic E-state index is 0.0816. The van der Waals surface area contributed by atoms with Crippen molar-refractivity contribution in [1.29, 1.82) is 0 Å². The highest BCUT2D eigenvalue weighted by molar-refractivity contribution is 7.92. The quantitative estimate of drug-likeness (QED) is 0.178. The second-order valence-electron chi connectivity index (χ2n) is 11.3. The third kappa shape index (κ3) is 8.60. The predicted octanol–water partition coefficient (Wildman–Crippen LogP) is 6.31. The summed E-state index contributed by atoms with van der Waals surface area (Å²) in [5.74, 6) is -0.752. The second kappa shape index (κ2) is 15.5. The first-order chi connectivity index (χ1) is 21.6. The summed E-state index contributed by atoms with van der Waals surface area (Å²) in [5.41, 5.74) is 4.18. The number of hydrogen-bond acceptors (Lipinski definition) is 4. The van der Waals surface area contributed by atoms with Gasteiger partial charge in [-0.15, -0.1) is 0 Å². The van der Waals surface area contributed by atoms with Gasteiger partial charge in [-0.1, -0.05) is 98.8 Å². The zero-order valence-corrected chi connectivity index (χ0v) is 27.3. The van der Waals surface area contributed by atoms with Gasteiger partial charge in [0.1, 0.15) is 12.6 Å². The fraction of sp³-hybridized carbons (Fsp3) is 0.297. The molecule has 0 saturated heterocycles. The molecule has 0 aliphatic rings. The summed E-state index contributed by atoms with van der Waals surface area (Å²) in [7, 11) is -4.13. The summed E-state index contributed by atoms with van der Waals surface area (Å²) in [6.07, 6.45) is 1.80. The number of hydrogen-bond donors (Lipinski definition) is 1. The summed E-state index contributed by atoms with van der Waals surface area (Å²) in [5, 5.41) is 3.07. The third-order valence-corrected chi connectivity index (χ3v) is 9.90. The maximum absolute atomic E-state index is 14.6. The number of aryl methyl sites for hydroxylation is 2. The normalized spacial score (nSPS) is 12.6. The van der Waals surface area contributed by atoms with Gasteiger partial charge in [-0.3, -0.25) is 13.9 Å². The number of rotatable bonds is 14. The van der Waals surface area contributed by atoms with E-state index in [0.29, 0.717) is 5.69 Å². The maximum atomic E-state index is 14.6. The van der Waals surface area contributed by atoms with Crippen molar-refractivity contribution in [3.63, 3.8) is 0 Å². The number of anilines is 1. The van der Waals surface area contributed by atoms with Crippen LogP contribution in [-0.4, -0.2) is 43.8 Å². The van der Waals surface area contributed by atoms with E-state index in [-0.39, 0.29) is 29.8 Å². The molecule has 0 bridgehead atoms. The number of benzene rings is 4. The minimum Gasteiger partial charge on any atom is -0.352 e. The molecule has 1 N–H and O–H groups in total. The van der Waals surface area contributed by atoms with Crippen LogP contribution in [0.4, 0.5) is 5.69 Å². The van der Waals surface area contributed by atoms with Crippen LogP contribution in [0.2, 0.25) is 0 Å². The standard InChI is InChI=1S/C37H43N3O4S/c1-5-29(4)38-37(42)35(25-31-16-9-7-10-17-31)39(26-32-18-14-13-15-28(32)3)36(41)27-40(33-23-21-30(6-2)22-24-33)45(43,44)34-19-11-8-12-20-34/h7-24,29,35H,5-6,25-27H2,1-4H3,(H,38,42)/t29-,35+/m1/s1. The summed E-state index contributed by atoms with van der Waals surface area (Å²) in [4.78, 5) is 30.1. The van der Waals surface area contributed by atoms with E-state index in [1.165, 1.54) is 12.1 Å². The Morgan fingerprint density at radius 3 is 1.98 bits per heavy atom. The first-order valence-electron chi connectivity index (χ1n) is 15.5. The molecule has 0 spiro atoms. The molecule has 0 unspecified atom stereocenters. The van der Waals surface area contributed by atoms with Crippen molar-refractivity contribution in [2.24, 2.45) is 0 Å². The van der Waals surface area contributed by atoms with Crippen LogP contribution in [0, 0.1) is 6.92 Å². The molecular formula is C37H43N3O4S. The lowest BCUT2D eigenvalue weighted by Gasteiger charge is -2.34. The van der Waals surface area contributed by atoms with Crippen molar-refractivity contribution < 1.29 is 18.0 Å². The molecular weight excluding hydrogens is 582 g/mol. The van der Waals surface area contributed by atoms with Gasteiger partial charge in [-0.05, 0) is 73.2 Å². The number of nitrogens with one attached hydrogen (secondary N) is 1. The van der Waals surface area contributed by atoms with Gasteiger partial charge in [0.2, 0.25) is 11.8 Å². The highest BCUT2D eigenvalue weighted by Crippen LogP contribution is 2.26. The van der Waals surface area contributed by atoms with Crippen LogP contribution in [0.5, 0.6) is 0 Å². The molecule has 2 amide bonds. The van der Waals surface area contributed by atoms with E-state index in [9.17, 15) is 18.0 Å². The zero-order valence-electron chi connectivity index (χ0n) is 26.5. The highest BCUT2D eigenvalue weighted by Gasteiger charge is 2.35. The largest absolute Gasteiger partial charge is 0.352 e. The molecule has 0 saturated carbocycles. The van der Waals surface area contributed by atoms with E-state index in [2.05, 4.69) is 5.32 Å². The van der Waals surface area contributed by atoms with Gasteiger partial charge in [0.15, 0.2) is 0 Å². The zero-order chi connectivity index (χ0) is 32.4. The van der Waals surface area contributed by atoms with Crippen molar-refractivity contribution >= 4 is 27.5 Å². The molecule has 8 heteroatoms. The van der Waals surface area contributed by atoms with Crippen LogP contribution >= 0.6 is 0 Å². The van der Waals surface area contributed by atoms with Crippen molar-refractivity contribution in [3.05, 3.63) is 131 Å². The van der Waals surface area contributed by atoms with Crippen LogP contribution < -0.4 is 9.62 Å². The molecule has 45 heavy (non-hydrogen) atoms. The Morgan fingerprint density at radius 1 is 0.778 bits per heavy atom. The molecule has 7 nitrogen and oxygen atoms in total. The molecule has 0 radical (unpaired) electrons. The highest BCUT2D eigenvalue weighted by atomic mass is 32.2. The molecule has 236 valence electrons. The van der Waals surface area contributed by atoms with Gasteiger partial charge in [0.05, 0.1) is 10.6 Å². The Bertz CT molecular complexity index is 1660. The SMILES string of the molecule is CCc1ccc(N(CC(=O)N(Cc2ccccc2C)[C@@H](Cc2ccccc2)C(=O)N[C@H](C)CC)S(=O)(=O)c2ccccc2)cc1. The second-order valence-corrected chi connectivity index (χ2v) is 13.2. The Hall–Kier alpha value is -4.43. The lowest BCUT2D eigenvalue weighted by molar-refractivity contribution is -0.140. The van der Waals surface area contributed by atoms with Crippen LogP contribution in [0.15, 0.2) is 114 Å². The number of nitrogens with zero attached hydrogens (tertiary/aromatic N) is 2. The minimum atomic E-state index is -4.13. The van der Waals surface area contributed by atoms with Crippen molar-refractivity contribution in [1.82, 2.24) is 10.2 Å². The molecule has 0 fully saturated rings. The van der Waals surface area contributed by atoms with Crippen LogP contribution in [0.25, 0.3) is 0 Å². The number of amides is 2. The summed E-state index contributed by atoms with van der Waals surface area (Å²) in [6, 6.07) is 31.6. The first kappa shape index (κ1) is 33.5. The van der Waals surface area contributed by atoms with Gasteiger partial charge in [0.25, 0.3) is 10.0 Å². The number of sulfonamides is 1. The molecule has 0 aromatic heterocycles. The van der Waals surface area contributed by atoms with Crippen molar-refractivity contribution in [2.45, 2.75) is 70.5 Å². The Balaban J connectivity index is 1.81.